The number of fused-ring (bicyclic) bond motifs is 1. The second-order valence-corrected chi connectivity index (χ2v) is 7.54. The highest BCUT2D eigenvalue weighted by atomic mass is 19.1. The topological polar surface area (TPSA) is 74.6 Å². The molecule has 1 atom stereocenters. The molecule has 0 bridgehead atoms. The number of ketones is 1. The van der Waals surface area contributed by atoms with Gasteiger partial charge in [-0.15, -0.1) is 0 Å². The third-order valence-electron chi connectivity index (χ3n) is 5.56. The summed E-state index contributed by atoms with van der Waals surface area (Å²) in [6, 6.07) is 15.3. The molecule has 2 heterocycles. The van der Waals surface area contributed by atoms with Crippen LogP contribution in [0.3, 0.4) is 0 Å². The molecule has 3 aromatic rings. The quantitative estimate of drug-likeness (QED) is 0.567. The van der Waals surface area contributed by atoms with Crippen LogP contribution in [0.15, 0.2) is 82.6 Å². The van der Waals surface area contributed by atoms with Gasteiger partial charge in [0.05, 0.1) is 17.6 Å². The number of amides is 2. The van der Waals surface area contributed by atoms with Gasteiger partial charge in [0, 0.05) is 23.4 Å². The van der Waals surface area contributed by atoms with E-state index < -0.39 is 17.9 Å². The molecule has 5 rings (SSSR count). The van der Waals surface area contributed by atoms with Crippen LogP contribution >= 0.6 is 0 Å². The maximum Gasteiger partial charge on any atom is 0.327 e. The zero-order chi connectivity index (χ0) is 21.4. The molecular weight excluding hydrogens is 397 g/mol. The van der Waals surface area contributed by atoms with Gasteiger partial charge in [-0.3, -0.25) is 9.69 Å². The van der Waals surface area contributed by atoms with Crippen LogP contribution in [0.2, 0.25) is 0 Å². The Hall–Kier alpha value is -3.87. The fourth-order valence-corrected chi connectivity index (χ4v) is 4.19. The highest BCUT2D eigenvalue weighted by Crippen LogP contribution is 2.45. The van der Waals surface area contributed by atoms with E-state index in [1.54, 1.807) is 12.1 Å². The van der Waals surface area contributed by atoms with E-state index >= 15 is 0 Å². The van der Waals surface area contributed by atoms with Crippen molar-refractivity contribution in [2.45, 2.75) is 25.3 Å². The Kier molecular flexibility index (Phi) is 4.78. The summed E-state index contributed by atoms with van der Waals surface area (Å²) in [4.78, 5) is 28.2. The normalized spacial score (nSPS) is 18.0. The van der Waals surface area contributed by atoms with E-state index in [1.165, 1.54) is 35.4 Å². The molecule has 2 N–H and O–H groups in total. The van der Waals surface area contributed by atoms with E-state index in [9.17, 15) is 14.0 Å². The van der Waals surface area contributed by atoms with Crippen molar-refractivity contribution in [2.75, 3.05) is 15.5 Å². The molecule has 156 valence electrons. The number of halogens is 1. The number of carbonyl (C=O) groups is 2. The Bertz CT molecular complexity index is 1170. The number of carbonyl (C=O) groups excluding carboxylic acids is 2. The minimum absolute atomic E-state index is 0.0115. The van der Waals surface area contributed by atoms with Gasteiger partial charge in [-0.25, -0.2) is 9.18 Å². The number of anilines is 3. The molecule has 1 aliphatic heterocycles. The average Bonchev–Trinajstić information content (AvgIpc) is 3.25. The standard InChI is InChI=1S/C24H20FN3O3/c25-15-10-12-16(13-11-15)26-24(30)28-19-7-2-1-5-17(19)27-18-6-3-8-20(29)22(18)23(28)21-9-4-14-31-21/h1-2,4-5,7,9-14,23,27H,3,6,8H2,(H,26,30). The highest BCUT2D eigenvalue weighted by molar-refractivity contribution is 6.09. The monoisotopic (exact) mass is 417 g/mol. The van der Waals surface area contributed by atoms with Gasteiger partial charge in [0.25, 0.3) is 0 Å². The van der Waals surface area contributed by atoms with Crippen molar-refractivity contribution in [3.63, 3.8) is 0 Å². The van der Waals surface area contributed by atoms with E-state index in [2.05, 4.69) is 10.6 Å². The van der Waals surface area contributed by atoms with Gasteiger partial charge in [0.1, 0.15) is 17.6 Å². The molecule has 6 nitrogen and oxygen atoms in total. The molecule has 0 spiro atoms. The number of benzene rings is 2. The molecule has 0 radical (unpaired) electrons. The number of Topliss-reactive ketones (excluding diaryl/α,β-unsaturated/α-hetero) is 1. The minimum atomic E-state index is -0.727. The van der Waals surface area contributed by atoms with Gasteiger partial charge in [0.15, 0.2) is 5.78 Å². The van der Waals surface area contributed by atoms with Crippen LogP contribution in [0.1, 0.15) is 31.1 Å². The van der Waals surface area contributed by atoms with E-state index in [1.807, 2.05) is 24.3 Å². The van der Waals surface area contributed by atoms with Crippen molar-refractivity contribution in [3.8, 4) is 0 Å². The van der Waals surface area contributed by atoms with Gasteiger partial charge < -0.3 is 15.1 Å². The number of nitrogens with one attached hydrogen (secondary N) is 2. The largest absolute Gasteiger partial charge is 0.467 e. The fourth-order valence-electron chi connectivity index (χ4n) is 4.19. The Balaban J connectivity index is 1.66. The van der Waals surface area contributed by atoms with E-state index in [-0.39, 0.29) is 5.78 Å². The number of hydrogen-bond acceptors (Lipinski definition) is 4. The SMILES string of the molecule is O=C1CCCC2=C1C(c1ccco1)N(C(=O)Nc1ccc(F)cc1)c1ccccc1N2. The summed E-state index contributed by atoms with van der Waals surface area (Å²) in [7, 11) is 0. The molecule has 1 aromatic heterocycles. The summed E-state index contributed by atoms with van der Waals surface area (Å²) in [5.74, 6) is 0.0939. The first-order valence-corrected chi connectivity index (χ1v) is 10.1. The lowest BCUT2D eigenvalue weighted by molar-refractivity contribution is -0.116. The first-order valence-electron chi connectivity index (χ1n) is 10.1. The van der Waals surface area contributed by atoms with E-state index in [0.29, 0.717) is 35.5 Å². The molecule has 7 heteroatoms. The van der Waals surface area contributed by atoms with Crippen LogP contribution in [0.4, 0.5) is 26.2 Å². The van der Waals surface area contributed by atoms with Gasteiger partial charge >= 0.3 is 6.03 Å². The maximum atomic E-state index is 13.6. The summed E-state index contributed by atoms with van der Waals surface area (Å²) in [6.45, 7) is 0. The highest BCUT2D eigenvalue weighted by Gasteiger charge is 2.41. The van der Waals surface area contributed by atoms with Crippen molar-refractivity contribution in [2.24, 2.45) is 0 Å². The van der Waals surface area contributed by atoms with E-state index in [4.69, 9.17) is 4.42 Å². The first-order chi connectivity index (χ1) is 15.1. The number of allylic oxidation sites excluding steroid dienone is 1. The lowest BCUT2D eigenvalue weighted by Crippen LogP contribution is -2.40. The second-order valence-electron chi connectivity index (χ2n) is 7.54. The molecule has 0 fully saturated rings. The smallest absolute Gasteiger partial charge is 0.327 e. The number of urea groups is 1. The Morgan fingerprint density at radius 1 is 1.06 bits per heavy atom. The minimum Gasteiger partial charge on any atom is -0.467 e. The molecule has 31 heavy (non-hydrogen) atoms. The van der Waals surface area contributed by atoms with Gasteiger partial charge in [-0.2, -0.15) is 0 Å². The molecule has 1 aliphatic carbocycles. The summed E-state index contributed by atoms with van der Waals surface area (Å²) in [5, 5.41) is 6.21. The van der Waals surface area contributed by atoms with Crippen molar-refractivity contribution >= 4 is 28.9 Å². The zero-order valence-corrected chi connectivity index (χ0v) is 16.6. The van der Waals surface area contributed by atoms with E-state index in [0.717, 1.165) is 17.8 Å². The van der Waals surface area contributed by atoms with Crippen molar-refractivity contribution < 1.29 is 18.4 Å². The van der Waals surface area contributed by atoms with Gasteiger partial charge in [0.2, 0.25) is 0 Å². The first kappa shape index (κ1) is 19.1. The summed E-state index contributed by atoms with van der Waals surface area (Å²) < 4.78 is 19.0. The second kappa shape index (κ2) is 7.75. The van der Waals surface area contributed by atoms with Crippen LogP contribution in [-0.2, 0) is 4.79 Å². The molecular formula is C24H20FN3O3. The lowest BCUT2D eigenvalue weighted by atomic mass is 9.88. The van der Waals surface area contributed by atoms with Crippen molar-refractivity contribution in [1.82, 2.24) is 0 Å². The van der Waals surface area contributed by atoms with Crippen LogP contribution in [0, 0.1) is 5.82 Å². The van der Waals surface area contributed by atoms with Crippen LogP contribution in [0.25, 0.3) is 0 Å². The molecule has 2 aromatic carbocycles. The number of nitrogens with zero attached hydrogens (tertiary/aromatic N) is 1. The summed E-state index contributed by atoms with van der Waals surface area (Å²) in [6.07, 6.45) is 3.41. The van der Waals surface area contributed by atoms with Crippen LogP contribution in [-0.4, -0.2) is 11.8 Å². The summed E-state index contributed by atoms with van der Waals surface area (Å²) in [5.41, 5.74) is 3.14. The average molecular weight is 417 g/mol. The molecule has 1 unspecified atom stereocenters. The maximum absolute atomic E-state index is 13.6. The predicted octanol–water partition coefficient (Wildman–Crippen LogP) is 5.63. The van der Waals surface area contributed by atoms with Crippen molar-refractivity contribution in [3.05, 3.63) is 89.8 Å². The van der Waals surface area contributed by atoms with Gasteiger partial charge in [-0.1, -0.05) is 12.1 Å². The Morgan fingerprint density at radius 3 is 2.65 bits per heavy atom. The third kappa shape index (κ3) is 3.48. The summed E-state index contributed by atoms with van der Waals surface area (Å²) >= 11 is 0. The Labute approximate surface area is 178 Å². The van der Waals surface area contributed by atoms with Crippen LogP contribution in [0.5, 0.6) is 0 Å². The number of furan rings is 1. The Morgan fingerprint density at radius 2 is 1.87 bits per heavy atom. The number of para-hydroxylation sites is 2. The molecule has 0 saturated carbocycles. The zero-order valence-electron chi connectivity index (χ0n) is 16.6. The third-order valence-corrected chi connectivity index (χ3v) is 5.56. The van der Waals surface area contributed by atoms with Crippen LogP contribution < -0.4 is 15.5 Å². The molecule has 2 amide bonds. The fraction of sp³-hybridized carbons (Fsp3) is 0.167. The van der Waals surface area contributed by atoms with Crippen molar-refractivity contribution in [1.29, 1.82) is 0 Å². The number of rotatable bonds is 2. The lowest BCUT2D eigenvalue weighted by Gasteiger charge is -2.32. The van der Waals surface area contributed by atoms with Gasteiger partial charge in [-0.05, 0) is 61.4 Å². The number of hydrogen-bond donors (Lipinski definition) is 2. The molecule has 0 saturated heterocycles. The molecule has 2 aliphatic rings. The predicted molar refractivity (Wildman–Crippen MR) is 115 cm³/mol.